The molecule has 0 amide bonds. The van der Waals surface area contributed by atoms with Gasteiger partial charge in [-0.25, -0.2) is 0 Å². The van der Waals surface area contributed by atoms with Gasteiger partial charge in [0.15, 0.2) is 5.78 Å². The smallest absolute Gasteiger partial charge is 0.186 e. The van der Waals surface area contributed by atoms with Gasteiger partial charge in [-0.3, -0.25) is 4.79 Å². The number of likely N-dealkylation sites (tertiary alicyclic amines) is 1. The maximum atomic E-state index is 13.3. The third-order valence-electron chi connectivity index (χ3n) is 5.70. The Morgan fingerprint density at radius 1 is 0.786 bits per heavy atom. The highest BCUT2D eigenvalue weighted by Crippen LogP contribution is 2.41. The summed E-state index contributed by atoms with van der Waals surface area (Å²) >= 11 is 0. The zero-order valence-corrected chi connectivity index (χ0v) is 18.4. The van der Waals surface area contributed by atoms with Crippen LogP contribution in [0.3, 0.4) is 0 Å². The molecule has 28 heavy (non-hydrogen) atoms. The van der Waals surface area contributed by atoms with Gasteiger partial charge in [0.05, 0.1) is 5.70 Å². The highest BCUT2D eigenvalue weighted by atomic mass is 16.1. The topological polar surface area (TPSA) is 20.3 Å². The number of Topliss-reactive ketones (excluding diaryl/α,β-unsaturated/α-hetero) is 1. The highest BCUT2D eigenvalue weighted by Gasteiger charge is 2.35. The molecule has 1 aliphatic carbocycles. The van der Waals surface area contributed by atoms with E-state index >= 15 is 0 Å². The zero-order chi connectivity index (χ0) is 20.5. The molecule has 0 spiro atoms. The Morgan fingerprint density at radius 3 is 1.75 bits per heavy atom. The summed E-state index contributed by atoms with van der Waals surface area (Å²) < 4.78 is 0. The lowest BCUT2D eigenvalue weighted by molar-refractivity contribution is -0.114. The second kappa shape index (κ2) is 7.73. The molecule has 1 heterocycles. The van der Waals surface area contributed by atoms with Gasteiger partial charge in [0.25, 0.3) is 0 Å². The summed E-state index contributed by atoms with van der Waals surface area (Å²) in [7, 11) is 0. The molecular weight excluding hydrogens is 342 g/mol. The fraction of sp³-hybridized carbons (Fsp3) is 0.500. The molecule has 0 unspecified atom stereocenters. The Balaban J connectivity index is 2.27. The summed E-state index contributed by atoms with van der Waals surface area (Å²) in [5.41, 5.74) is 5.16. The molecule has 0 radical (unpaired) electrons. The Morgan fingerprint density at radius 2 is 1.29 bits per heavy atom. The number of piperidine rings is 1. The third-order valence-corrected chi connectivity index (χ3v) is 5.70. The number of carbonyl (C=O) groups is 1. The van der Waals surface area contributed by atoms with Crippen LogP contribution in [-0.2, 0) is 4.79 Å². The average Bonchev–Trinajstić information content (AvgIpc) is 2.63. The second-order valence-electron chi connectivity index (χ2n) is 10.2. The van der Waals surface area contributed by atoms with Crippen LogP contribution in [0.5, 0.6) is 0 Å². The number of hydrogen-bond donors (Lipinski definition) is 0. The first-order chi connectivity index (χ1) is 13.1. The quantitative estimate of drug-likeness (QED) is 0.593. The maximum absolute atomic E-state index is 13.3. The van der Waals surface area contributed by atoms with Crippen LogP contribution in [0, 0.1) is 10.8 Å². The van der Waals surface area contributed by atoms with E-state index in [1.54, 1.807) is 0 Å². The van der Waals surface area contributed by atoms with Crippen molar-refractivity contribution in [3.8, 4) is 0 Å². The first kappa shape index (κ1) is 20.6. The number of nitrogens with zero attached hydrogens (tertiary/aromatic N) is 1. The van der Waals surface area contributed by atoms with Crippen molar-refractivity contribution in [1.29, 1.82) is 0 Å². The van der Waals surface area contributed by atoms with Crippen LogP contribution in [0.25, 0.3) is 5.70 Å². The largest absolute Gasteiger partial charge is 0.371 e. The molecule has 1 aromatic rings. The molecule has 0 atom stereocenters. The zero-order valence-electron chi connectivity index (χ0n) is 18.4. The minimum atomic E-state index is -0.184. The molecule has 2 aliphatic rings. The number of carbonyl (C=O) groups excluding carboxylic acids is 1. The molecule has 150 valence electrons. The molecule has 1 saturated heterocycles. The van der Waals surface area contributed by atoms with Gasteiger partial charge in [-0.2, -0.15) is 0 Å². The maximum Gasteiger partial charge on any atom is 0.186 e. The van der Waals surface area contributed by atoms with Gasteiger partial charge in [0, 0.05) is 24.2 Å². The lowest BCUT2D eigenvalue weighted by Gasteiger charge is -2.35. The predicted molar refractivity (Wildman–Crippen MR) is 119 cm³/mol. The van der Waals surface area contributed by atoms with Gasteiger partial charge < -0.3 is 4.90 Å². The molecule has 0 aromatic heterocycles. The van der Waals surface area contributed by atoms with Crippen molar-refractivity contribution < 1.29 is 4.79 Å². The Kier molecular flexibility index (Phi) is 5.70. The molecule has 0 saturated carbocycles. The number of rotatable bonds is 2. The summed E-state index contributed by atoms with van der Waals surface area (Å²) in [6.07, 6.45) is 8.09. The Labute approximate surface area is 171 Å². The predicted octanol–water partition coefficient (Wildman–Crippen LogP) is 6.41. The third kappa shape index (κ3) is 4.32. The van der Waals surface area contributed by atoms with Gasteiger partial charge in [-0.15, -0.1) is 0 Å². The van der Waals surface area contributed by atoms with Crippen molar-refractivity contribution in [2.45, 2.75) is 60.8 Å². The van der Waals surface area contributed by atoms with E-state index in [2.05, 4.69) is 88.9 Å². The van der Waals surface area contributed by atoms with Crippen LogP contribution in [0.4, 0.5) is 0 Å². The van der Waals surface area contributed by atoms with Gasteiger partial charge in [-0.1, -0.05) is 71.9 Å². The summed E-state index contributed by atoms with van der Waals surface area (Å²) in [6, 6.07) is 10.7. The van der Waals surface area contributed by atoms with Crippen LogP contribution in [0.15, 0.2) is 59.2 Å². The van der Waals surface area contributed by atoms with Gasteiger partial charge in [0.2, 0.25) is 0 Å². The van der Waals surface area contributed by atoms with E-state index in [1.807, 2.05) is 0 Å². The van der Waals surface area contributed by atoms with Crippen LogP contribution in [0.2, 0.25) is 0 Å². The van der Waals surface area contributed by atoms with Crippen LogP contribution < -0.4 is 0 Å². The van der Waals surface area contributed by atoms with Crippen molar-refractivity contribution in [3.05, 3.63) is 64.8 Å². The van der Waals surface area contributed by atoms with Gasteiger partial charge in [0.1, 0.15) is 0 Å². The first-order valence-electron chi connectivity index (χ1n) is 10.6. The number of benzene rings is 1. The fourth-order valence-corrected chi connectivity index (χ4v) is 4.13. The Hall–Kier alpha value is -2.09. The number of ketones is 1. The second-order valence-corrected chi connectivity index (χ2v) is 10.2. The molecule has 1 aromatic carbocycles. The normalized spacial score (nSPS) is 18.7. The van der Waals surface area contributed by atoms with Crippen molar-refractivity contribution in [2.24, 2.45) is 10.8 Å². The molecule has 1 aliphatic heterocycles. The molecule has 3 rings (SSSR count). The molecule has 2 heteroatoms. The first-order valence-corrected chi connectivity index (χ1v) is 10.6. The summed E-state index contributed by atoms with van der Waals surface area (Å²) in [5.74, 6) is 0.204. The van der Waals surface area contributed by atoms with Crippen LogP contribution in [-0.4, -0.2) is 23.8 Å². The summed E-state index contributed by atoms with van der Waals surface area (Å²) in [6.45, 7) is 15.0. The van der Waals surface area contributed by atoms with Crippen molar-refractivity contribution in [3.63, 3.8) is 0 Å². The average molecular weight is 378 g/mol. The van der Waals surface area contributed by atoms with E-state index in [4.69, 9.17) is 0 Å². The highest BCUT2D eigenvalue weighted by molar-refractivity contribution is 6.12. The van der Waals surface area contributed by atoms with Crippen molar-refractivity contribution in [1.82, 2.24) is 4.90 Å². The SMILES string of the molecule is CC(C)(C)C1=CC(=C(c2ccccc2)N2CCCCC2)C=C(C(C)(C)C)C1=O. The summed E-state index contributed by atoms with van der Waals surface area (Å²) in [5, 5.41) is 0. The van der Waals surface area contributed by atoms with Crippen LogP contribution in [0.1, 0.15) is 66.4 Å². The van der Waals surface area contributed by atoms with Gasteiger partial charge in [-0.05, 0) is 53.4 Å². The lowest BCUT2D eigenvalue weighted by Crippen LogP contribution is -2.31. The number of hydrogen-bond acceptors (Lipinski definition) is 2. The van der Waals surface area contributed by atoms with E-state index in [1.165, 1.54) is 36.1 Å². The van der Waals surface area contributed by atoms with Gasteiger partial charge >= 0.3 is 0 Å². The van der Waals surface area contributed by atoms with E-state index in [0.29, 0.717) is 0 Å². The molecule has 2 nitrogen and oxygen atoms in total. The lowest BCUT2D eigenvalue weighted by atomic mass is 9.71. The van der Waals surface area contributed by atoms with Crippen molar-refractivity contribution in [2.75, 3.05) is 13.1 Å². The van der Waals surface area contributed by atoms with E-state index in [9.17, 15) is 4.79 Å². The number of allylic oxidation sites excluding steroid dienone is 5. The standard InChI is InChI=1S/C26H35NO/c1-25(2,3)21-17-20(18-22(24(21)28)26(4,5)6)23(19-13-9-7-10-14-19)27-15-11-8-12-16-27/h7,9-10,13-14,17-18H,8,11-12,15-16H2,1-6H3. The molecule has 0 bridgehead atoms. The van der Waals surface area contributed by atoms with E-state index < -0.39 is 0 Å². The van der Waals surface area contributed by atoms with Crippen LogP contribution >= 0.6 is 0 Å². The Bertz CT molecular complexity index is 783. The molecule has 0 N–H and O–H groups in total. The monoisotopic (exact) mass is 377 g/mol. The van der Waals surface area contributed by atoms with Crippen molar-refractivity contribution >= 4 is 11.5 Å². The minimum Gasteiger partial charge on any atom is -0.371 e. The van der Waals surface area contributed by atoms with E-state index in [-0.39, 0.29) is 16.6 Å². The summed E-state index contributed by atoms with van der Waals surface area (Å²) in [4.78, 5) is 15.9. The molecule has 1 fully saturated rings. The molecular formula is C26H35NO. The van der Waals surface area contributed by atoms with E-state index in [0.717, 1.165) is 24.2 Å². The fourth-order valence-electron chi connectivity index (χ4n) is 4.13. The minimum absolute atomic E-state index is 0.184.